The quantitative estimate of drug-likeness (QED) is 0.115. The van der Waals surface area contributed by atoms with Crippen molar-refractivity contribution in [2.45, 2.75) is 150 Å². The number of benzene rings is 2. The Morgan fingerprint density at radius 3 is 1.47 bits per heavy atom. The summed E-state index contributed by atoms with van der Waals surface area (Å²) < 4.78 is 2.13. The van der Waals surface area contributed by atoms with Crippen molar-refractivity contribution in [3.63, 3.8) is 0 Å². The van der Waals surface area contributed by atoms with Crippen LogP contribution in [0.4, 0.5) is 11.4 Å². The molecule has 1 heterocycles. The topological polar surface area (TPSA) is 92.5 Å². The van der Waals surface area contributed by atoms with Gasteiger partial charge in [-0.15, -0.1) is 0 Å². The molecule has 1 aliphatic heterocycles. The van der Waals surface area contributed by atoms with E-state index in [1.165, 1.54) is 32.1 Å². The molecule has 47 heavy (non-hydrogen) atoms. The number of aliphatic imine (C=N–C) groups is 2. The summed E-state index contributed by atoms with van der Waals surface area (Å²) in [6.07, 6.45) is 7.51. The molecule has 0 bridgehead atoms. The van der Waals surface area contributed by atoms with Gasteiger partial charge in [0.25, 0.3) is 0 Å². The second-order valence-electron chi connectivity index (χ2n) is 17.1. The van der Waals surface area contributed by atoms with Gasteiger partial charge in [0.15, 0.2) is 0 Å². The predicted molar refractivity (Wildman–Crippen MR) is 206 cm³/mol. The molecule has 0 fully saturated rings. The summed E-state index contributed by atoms with van der Waals surface area (Å²) in [5.41, 5.74) is 4.32. The van der Waals surface area contributed by atoms with Gasteiger partial charge in [0.1, 0.15) is 18.2 Å². The number of phenols is 2. The molecule has 2 aromatic carbocycles. The second-order valence-corrected chi connectivity index (χ2v) is 18.2. The lowest BCUT2D eigenvalue weighted by Gasteiger charge is -2.31. The van der Waals surface area contributed by atoms with Gasteiger partial charge in [0.05, 0.1) is 0 Å². The summed E-state index contributed by atoms with van der Waals surface area (Å²) in [7, 11) is 0. The molecule has 0 aromatic heterocycles. The normalized spacial score (nSPS) is 14.6. The molecular formula is C39H63N5O2S. The van der Waals surface area contributed by atoms with Crippen LogP contribution in [0.25, 0.3) is 0 Å². The standard InChI is InChI=1S/C39H63N5O2S/c1-14-15-16-17-18-19-20-47-44-25-40-34(41-26-21-28(36(2,3)4)32(45)29(22-26)37(5,6)7)43-35(44)42-27-23-30(38(8,9)10)33(46)31(24-27)39(11,12)13/h21-24,45-46H,14-20,25H2,1-13H3,(H2,40,41,42,43). The highest BCUT2D eigenvalue weighted by Crippen LogP contribution is 2.42. The molecule has 2 aromatic rings. The van der Waals surface area contributed by atoms with Gasteiger partial charge in [-0.2, -0.15) is 4.99 Å². The third kappa shape index (κ3) is 10.6. The average Bonchev–Trinajstić information content (AvgIpc) is 2.92. The van der Waals surface area contributed by atoms with Gasteiger partial charge in [0.2, 0.25) is 11.9 Å². The highest BCUT2D eigenvalue weighted by Gasteiger charge is 2.29. The monoisotopic (exact) mass is 665 g/mol. The van der Waals surface area contributed by atoms with Crippen LogP contribution in [0.2, 0.25) is 0 Å². The predicted octanol–water partition coefficient (Wildman–Crippen LogP) is 10.8. The first-order valence-electron chi connectivity index (χ1n) is 17.5. The molecule has 7 nitrogen and oxygen atoms in total. The summed E-state index contributed by atoms with van der Waals surface area (Å²) in [6, 6.07) is 8.13. The number of unbranched alkanes of at least 4 members (excludes halogenated alkanes) is 5. The van der Waals surface area contributed by atoms with E-state index < -0.39 is 0 Å². The highest BCUT2D eigenvalue weighted by molar-refractivity contribution is 7.97. The van der Waals surface area contributed by atoms with Gasteiger partial charge < -0.3 is 20.8 Å². The molecule has 3 rings (SSSR count). The van der Waals surface area contributed by atoms with E-state index in [9.17, 15) is 10.2 Å². The van der Waals surface area contributed by atoms with Gasteiger partial charge in [-0.25, -0.2) is 4.99 Å². The Balaban J connectivity index is 2.00. The third-order valence-electron chi connectivity index (χ3n) is 8.51. The summed E-state index contributed by atoms with van der Waals surface area (Å²) in [6.45, 7) is 28.2. The Labute approximate surface area is 290 Å². The maximum absolute atomic E-state index is 11.3. The lowest BCUT2D eigenvalue weighted by molar-refractivity contribution is 0.423. The largest absolute Gasteiger partial charge is 0.507 e. The summed E-state index contributed by atoms with van der Waals surface area (Å²) in [5.74, 6) is 2.91. The molecule has 0 saturated carbocycles. The first kappa shape index (κ1) is 38.6. The zero-order chi connectivity index (χ0) is 35.4. The fourth-order valence-electron chi connectivity index (χ4n) is 5.66. The van der Waals surface area contributed by atoms with Crippen LogP contribution in [-0.2, 0) is 21.7 Å². The second kappa shape index (κ2) is 15.1. The van der Waals surface area contributed by atoms with E-state index in [4.69, 9.17) is 9.98 Å². The van der Waals surface area contributed by atoms with E-state index in [0.717, 1.165) is 45.8 Å². The summed E-state index contributed by atoms with van der Waals surface area (Å²) in [4.78, 5) is 9.88. The Bertz CT molecular complexity index is 1370. The Morgan fingerprint density at radius 1 is 0.638 bits per heavy atom. The smallest absolute Gasteiger partial charge is 0.227 e. The van der Waals surface area contributed by atoms with Crippen LogP contribution in [0.15, 0.2) is 34.3 Å². The number of rotatable bonds is 10. The van der Waals surface area contributed by atoms with Crippen molar-refractivity contribution in [1.29, 1.82) is 0 Å². The van der Waals surface area contributed by atoms with Crippen molar-refractivity contribution in [3.8, 4) is 11.5 Å². The van der Waals surface area contributed by atoms with Crippen LogP contribution >= 0.6 is 11.9 Å². The van der Waals surface area contributed by atoms with Crippen molar-refractivity contribution in [1.82, 2.24) is 4.31 Å². The minimum Gasteiger partial charge on any atom is -0.507 e. The van der Waals surface area contributed by atoms with E-state index in [1.54, 1.807) is 11.9 Å². The van der Waals surface area contributed by atoms with Crippen LogP contribution in [-0.4, -0.2) is 38.9 Å². The number of nitrogens with one attached hydrogen (secondary N) is 2. The van der Waals surface area contributed by atoms with Gasteiger partial charge in [-0.05, 0) is 64.3 Å². The SMILES string of the molecule is CCCCCCCCSN1CN=C(Nc2cc(C(C)(C)C)c(O)c(C(C)(C)C)c2)N=C1Nc1cc(C(C)(C)C)c(O)c(C(C)(C)C)c1. The lowest BCUT2D eigenvalue weighted by Crippen LogP contribution is -2.37. The number of anilines is 2. The van der Waals surface area contributed by atoms with Crippen LogP contribution in [0.5, 0.6) is 11.5 Å². The van der Waals surface area contributed by atoms with Crippen LogP contribution in [0.1, 0.15) is 151 Å². The molecule has 0 saturated heterocycles. The van der Waals surface area contributed by atoms with Gasteiger partial charge >= 0.3 is 0 Å². The van der Waals surface area contributed by atoms with Gasteiger partial charge in [0, 0.05) is 39.4 Å². The zero-order valence-corrected chi connectivity index (χ0v) is 32.4. The Morgan fingerprint density at radius 2 is 1.04 bits per heavy atom. The maximum atomic E-state index is 11.3. The van der Waals surface area contributed by atoms with Gasteiger partial charge in [-0.1, -0.05) is 122 Å². The molecule has 0 atom stereocenters. The van der Waals surface area contributed by atoms with Gasteiger partial charge in [-0.3, -0.25) is 4.31 Å². The summed E-state index contributed by atoms with van der Waals surface area (Å²) in [5, 5.41) is 29.7. The van der Waals surface area contributed by atoms with E-state index in [2.05, 4.69) is 105 Å². The lowest BCUT2D eigenvalue weighted by atomic mass is 9.79. The molecule has 1 aliphatic rings. The highest BCUT2D eigenvalue weighted by atomic mass is 32.2. The summed E-state index contributed by atoms with van der Waals surface area (Å²) >= 11 is 1.76. The van der Waals surface area contributed by atoms with Crippen molar-refractivity contribution in [2.24, 2.45) is 9.98 Å². The number of guanidine groups is 2. The van der Waals surface area contributed by atoms with Crippen LogP contribution in [0, 0.1) is 0 Å². The number of hydrogen-bond donors (Lipinski definition) is 4. The third-order valence-corrected chi connectivity index (χ3v) is 9.58. The molecule has 0 unspecified atom stereocenters. The average molecular weight is 666 g/mol. The van der Waals surface area contributed by atoms with Crippen molar-refractivity contribution in [3.05, 3.63) is 46.5 Å². The molecule has 0 amide bonds. The fraction of sp³-hybridized carbons (Fsp3) is 0.641. The Hall–Kier alpha value is -2.87. The van der Waals surface area contributed by atoms with Crippen LogP contribution < -0.4 is 10.6 Å². The fourth-order valence-corrected chi connectivity index (χ4v) is 6.57. The number of hydrogen-bond acceptors (Lipinski definition) is 8. The number of phenolic OH excluding ortho intramolecular Hbond substituents is 2. The molecule has 4 N–H and O–H groups in total. The first-order chi connectivity index (χ1) is 21.6. The number of aromatic hydroxyl groups is 2. The van der Waals surface area contributed by atoms with Crippen molar-refractivity contribution < 1.29 is 10.2 Å². The van der Waals surface area contributed by atoms with E-state index in [-0.39, 0.29) is 21.7 Å². The Kier molecular flexibility index (Phi) is 12.4. The minimum absolute atomic E-state index is 0.245. The molecule has 0 radical (unpaired) electrons. The van der Waals surface area contributed by atoms with E-state index in [1.807, 2.05) is 24.3 Å². The molecule has 0 aliphatic carbocycles. The molecule has 8 heteroatoms. The number of nitrogens with zero attached hydrogens (tertiary/aromatic N) is 3. The molecule has 0 spiro atoms. The van der Waals surface area contributed by atoms with Crippen molar-refractivity contribution in [2.75, 3.05) is 23.1 Å². The minimum atomic E-state index is -0.246. The van der Waals surface area contributed by atoms with E-state index in [0.29, 0.717) is 30.1 Å². The molecular weight excluding hydrogens is 603 g/mol. The van der Waals surface area contributed by atoms with Crippen molar-refractivity contribution >= 4 is 35.2 Å². The molecule has 262 valence electrons. The van der Waals surface area contributed by atoms with E-state index >= 15 is 0 Å². The van der Waals surface area contributed by atoms with Crippen LogP contribution in [0.3, 0.4) is 0 Å². The maximum Gasteiger partial charge on any atom is 0.227 e. The zero-order valence-electron chi connectivity index (χ0n) is 31.6. The first-order valence-corrected chi connectivity index (χ1v) is 18.4.